The first-order valence-electron chi connectivity index (χ1n) is 10.5. The second-order valence-electron chi connectivity index (χ2n) is 7.52. The number of aliphatic hydroxyl groups is 1. The van der Waals surface area contributed by atoms with Crippen LogP contribution in [0.3, 0.4) is 0 Å². The molecule has 1 aliphatic rings. The van der Waals surface area contributed by atoms with Crippen molar-refractivity contribution in [2.45, 2.75) is 19.9 Å². The van der Waals surface area contributed by atoms with Gasteiger partial charge < -0.3 is 9.84 Å². The second-order valence-corrected chi connectivity index (χ2v) is 8.50. The fraction of sp³-hybridized carbons (Fsp3) is 0.167. The molecule has 1 unspecified atom stereocenters. The summed E-state index contributed by atoms with van der Waals surface area (Å²) in [6.07, 6.45) is 0. The van der Waals surface area contributed by atoms with E-state index < -0.39 is 34.4 Å². The van der Waals surface area contributed by atoms with E-state index in [4.69, 9.17) is 4.74 Å². The van der Waals surface area contributed by atoms with Crippen LogP contribution in [0.15, 0.2) is 60.2 Å². The van der Waals surface area contributed by atoms with Crippen LogP contribution in [0.4, 0.5) is 10.8 Å². The van der Waals surface area contributed by atoms with Gasteiger partial charge in [0.15, 0.2) is 5.13 Å². The zero-order valence-electron chi connectivity index (χ0n) is 18.6. The number of hydrogen-bond acceptors (Lipinski definition) is 9. The number of aryl methyl sites for hydroxylation is 1. The molecule has 1 N–H and O–H groups in total. The first-order valence-corrected chi connectivity index (χ1v) is 11.3. The molecule has 1 atom stereocenters. The number of aromatic nitrogens is 1. The van der Waals surface area contributed by atoms with Gasteiger partial charge in [-0.15, -0.1) is 0 Å². The number of carbonyl (C=O) groups excluding carboxylic acids is 3. The molecule has 1 saturated heterocycles. The molecular formula is C24H19N3O7S. The largest absolute Gasteiger partial charge is 0.507 e. The van der Waals surface area contributed by atoms with E-state index in [1.807, 2.05) is 0 Å². The van der Waals surface area contributed by atoms with E-state index in [0.717, 1.165) is 16.2 Å². The summed E-state index contributed by atoms with van der Waals surface area (Å²) in [7, 11) is 0. The maximum absolute atomic E-state index is 13.2. The normalized spacial score (nSPS) is 17.0. The van der Waals surface area contributed by atoms with Crippen LogP contribution in [0.2, 0.25) is 0 Å². The maximum atomic E-state index is 13.2. The molecule has 35 heavy (non-hydrogen) atoms. The monoisotopic (exact) mass is 493 g/mol. The number of non-ortho nitro benzene ring substituents is 1. The van der Waals surface area contributed by atoms with Gasteiger partial charge in [-0.2, -0.15) is 0 Å². The number of thiazole rings is 1. The molecule has 3 aromatic rings. The van der Waals surface area contributed by atoms with E-state index in [1.165, 1.54) is 24.3 Å². The first-order chi connectivity index (χ1) is 16.7. The second kappa shape index (κ2) is 9.47. The first kappa shape index (κ1) is 23.8. The number of nitrogens with zero attached hydrogens (tertiary/aromatic N) is 3. The molecule has 1 aromatic heterocycles. The number of nitro groups is 1. The van der Waals surface area contributed by atoms with Gasteiger partial charge in [-0.05, 0) is 19.4 Å². The van der Waals surface area contributed by atoms with Crippen LogP contribution < -0.4 is 4.90 Å². The summed E-state index contributed by atoms with van der Waals surface area (Å²) in [6, 6.07) is 12.4. The van der Waals surface area contributed by atoms with Crippen molar-refractivity contribution in [3.8, 4) is 0 Å². The lowest BCUT2D eigenvalue weighted by molar-refractivity contribution is -0.384. The van der Waals surface area contributed by atoms with Gasteiger partial charge in [0.2, 0.25) is 0 Å². The van der Waals surface area contributed by atoms with Crippen LogP contribution in [0.1, 0.15) is 39.5 Å². The Kier molecular flexibility index (Phi) is 6.43. The van der Waals surface area contributed by atoms with E-state index >= 15 is 0 Å². The molecular weight excluding hydrogens is 474 g/mol. The Labute approximate surface area is 203 Å². The SMILES string of the molecule is CCOC(=O)c1sc(N2C(=O)C(=O)C(=C(O)c3ccccc3)C2c2cccc([N+](=O)[O-])c2)nc1C. The number of anilines is 1. The lowest BCUT2D eigenvalue weighted by atomic mass is 9.95. The highest BCUT2D eigenvalue weighted by molar-refractivity contribution is 7.17. The van der Waals surface area contributed by atoms with Gasteiger partial charge in [0.05, 0.1) is 28.8 Å². The number of ether oxygens (including phenoxy) is 1. The number of amides is 1. The molecule has 1 aliphatic heterocycles. The standard InChI is InChI=1S/C24H19N3O7S/c1-3-34-23(31)21-13(2)25-24(35-21)26-18(15-10-7-11-16(12-15)27(32)33)17(20(29)22(26)30)19(28)14-8-5-4-6-9-14/h4-12,18,28H,3H2,1-2H3. The van der Waals surface area contributed by atoms with Crippen LogP contribution in [-0.2, 0) is 14.3 Å². The van der Waals surface area contributed by atoms with E-state index in [1.54, 1.807) is 44.2 Å². The third-order valence-corrected chi connectivity index (χ3v) is 6.48. The van der Waals surface area contributed by atoms with Crippen molar-refractivity contribution < 1.29 is 29.2 Å². The number of nitro benzene ring substituents is 1. The molecule has 0 radical (unpaired) electrons. The van der Waals surface area contributed by atoms with Crippen molar-refractivity contribution in [2.24, 2.45) is 0 Å². The molecule has 10 nitrogen and oxygen atoms in total. The summed E-state index contributed by atoms with van der Waals surface area (Å²) in [5, 5.41) is 22.5. The van der Waals surface area contributed by atoms with E-state index in [2.05, 4.69) is 4.98 Å². The molecule has 1 fully saturated rings. The minimum Gasteiger partial charge on any atom is -0.507 e. The summed E-state index contributed by atoms with van der Waals surface area (Å²) < 4.78 is 5.04. The third kappa shape index (κ3) is 4.28. The molecule has 0 aliphatic carbocycles. The molecule has 11 heteroatoms. The van der Waals surface area contributed by atoms with Crippen molar-refractivity contribution >= 4 is 45.6 Å². The zero-order chi connectivity index (χ0) is 25.3. The van der Waals surface area contributed by atoms with Crippen LogP contribution in [0, 0.1) is 17.0 Å². The number of Topliss-reactive ketones (excluding diaryl/α,β-unsaturated/α-hetero) is 1. The molecule has 0 bridgehead atoms. The summed E-state index contributed by atoms with van der Waals surface area (Å²) in [4.78, 5) is 55.0. The lowest BCUT2D eigenvalue weighted by Crippen LogP contribution is -2.29. The minimum atomic E-state index is -1.21. The van der Waals surface area contributed by atoms with E-state index in [-0.39, 0.29) is 33.4 Å². The quantitative estimate of drug-likeness (QED) is 0.135. The Bertz CT molecular complexity index is 1380. The molecule has 4 rings (SSSR count). The Morgan fingerprint density at radius 2 is 1.91 bits per heavy atom. The van der Waals surface area contributed by atoms with Crippen molar-refractivity contribution in [3.05, 3.63) is 92.0 Å². The number of rotatable bonds is 6. The van der Waals surface area contributed by atoms with Crippen molar-refractivity contribution in [3.63, 3.8) is 0 Å². The Hall–Kier alpha value is -4.38. The summed E-state index contributed by atoms with van der Waals surface area (Å²) in [5.74, 6) is -3.01. The number of esters is 1. The van der Waals surface area contributed by atoms with Gasteiger partial charge in [0, 0.05) is 17.7 Å². The number of benzene rings is 2. The number of aliphatic hydroxyl groups excluding tert-OH is 1. The predicted molar refractivity (Wildman–Crippen MR) is 127 cm³/mol. The van der Waals surface area contributed by atoms with Crippen LogP contribution >= 0.6 is 11.3 Å². The minimum absolute atomic E-state index is 0.0243. The van der Waals surface area contributed by atoms with Crippen molar-refractivity contribution in [1.82, 2.24) is 4.98 Å². The Balaban J connectivity index is 1.94. The molecule has 2 heterocycles. The number of hydrogen-bond donors (Lipinski definition) is 1. The fourth-order valence-corrected chi connectivity index (χ4v) is 4.76. The third-order valence-electron chi connectivity index (χ3n) is 5.34. The van der Waals surface area contributed by atoms with Gasteiger partial charge in [0.1, 0.15) is 10.6 Å². The van der Waals surface area contributed by atoms with Crippen molar-refractivity contribution in [1.29, 1.82) is 0 Å². The Morgan fingerprint density at radius 1 is 1.20 bits per heavy atom. The van der Waals surface area contributed by atoms with Gasteiger partial charge in [-0.3, -0.25) is 24.6 Å². The Morgan fingerprint density at radius 3 is 2.57 bits per heavy atom. The zero-order valence-corrected chi connectivity index (χ0v) is 19.4. The van der Waals surface area contributed by atoms with Crippen LogP contribution in [0.25, 0.3) is 5.76 Å². The lowest BCUT2D eigenvalue weighted by Gasteiger charge is -2.22. The number of ketones is 1. The van der Waals surface area contributed by atoms with E-state index in [0.29, 0.717) is 11.3 Å². The van der Waals surface area contributed by atoms with E-state index in [9.17, 15) is 29.6 Å². The highest BCUT2D eigenvalue weighted by Crippen LogP contribution is 2.44. The van der Waals surface area contributed by atoms with Gasteiger partial charge >= 0.3 is 11.9 Å². The van der Waals surface area contributed by atoms with Crippen LogP contribution in [0.5, 0.6) is 0 Å². The molecule has 0 spiro atoms. The maximum Gasteiger partial charge on any atom is 0.350 e. The fourth-order valence-electron chi connectivity index (χ4n) is 3.78. The average Bonchev–Trinajstić information content (AvgIpc) is 3.36. The summed E-state index contributed by atoms with van der Waals surface area (Å²) in [6.45, 7) is 3.36. The van der Waals surface area contributed by atoms with Crippen molar-refractivity contribution in [2.75, 3.05) is 11.5 Å². The van der Waals surface area contributed by atoms with Gasteiger partial charge in [-0.25, -0.2) is 9.78 Å². The topological polar surface area (TPSA) is 140 Å². The number of carbonyl (C=O) groups is 3. The predicted octanol–water partition coefficient (Wildman–Crippen LogP) is 4.16. The summed E-state index contributed by atoms with van der Waals surface area (Å²) in [5.41, 5.74) is 0.318. The smallest absolute Gasteiger partial charge is 0.350 e. The highest BCUT2D eigenvalue weighted by Gasteiger charge is 2.48. The van der Waals surface area contributed by atoms with Crippen LogP contribution in [-0.4, -0.2) is 39.3 Å². The molecule has 2 aromatic carbocycles. The van der Waals surface area contributed by atoms with Gasteiger partial charge in [0.25, 0.3) is 11.5 Å². The molecule has 178 valence electrons. The highest BCUT2D eigenvalue weighted by atomic mass is 32.1. The van der Waals surface area contributed by atoms with Gasteiger partial charge in [-0.1, -0.05) is 53.8 Å². The molecule has 1 amide bonds. The summed E-state index contributed by atoms with van der Waals surface area (Å²) >= 11 is 0.858. The average molecular weight is 493 g/mol. The molecule has 0 saturated carbocycles.